The lowest BCUT2D eigenvalue weighted by Gasteiger charge is -1.99. The van der Waals surface area contributed by atoms with E-state index < -0.39 is 0 Å². The van der Waals surface area contributed by atoms with Gasteiger partial charge in [0.25, 0.3) is 5.89 Å². The fourth-order valence-electron chi connectivity index (χ4n) is 2.18. The van der Waals surface area contributed by atoms with Crippen molar-refractivity contribution < 1.29 is 4.52 Å². The van der Waals surface area contributed by atoms with Crippen LogP contribution < -0.4 is 5.32 Å². The minimum atomic E-state index is 0.433. The monoisotopic (exact) mass is 254 g/mol. The van der Waals surface area contributed by atoms with Crippen LogP contribution in [0.15, 0.2) is 28.9 Å². The molecule has 2 aromatic heterocycles. The van der Waals surface area contributed by atoms with Crippen LogP contribution in [0.2, 0.25) is 0 Å². The molecule has 7 heteroatoms. The van der Waals surface area contributed by atoms with E-state index in [9.17, 15) is 0 Å². The molecule has 3 heterocycles. The molecule has 0 aliphatic carbocycles. The van der Waals surface area contributed by atoms with Crippen molar-refractivity contribution >= 4 is 0 Å². The van der Waals surface area contributed by atoms with E-state index in [0.717, 1.165) is 18.7 Å². The van der Waals surface area contributed by atoms with Gasteiger partial charge >= 0.3 is 0 Å². The molecule has 0 radical (unpaired) electrons. The molecule has 0 saturated carbocycles. The number of hydrogen-bond acceptors (Lipinski definition) is 6. The number of aromatic amines is 1. The van der Waals surface area contributed by atoms with Crippen LogP contribution in [0.4, 0.5) is 0 Å². The Balaban J connectivity index is 1.73. The molecule has 0 fully saturated rings. The summed E-state index contributed by atoms with van der Waals surface area (Å²) in [5.41, 5.74) is 4.08. The zero-order valence-corrected chi connectivity index (χ0v) is 9.92. The van der Waals surface area contributed by atoms with Crippen molar-refractivity contribution in [1.29, 1.82) is 0 Å². The molecule has 1 aromatic carbocycles. The van der Waals surface area contributed by atoms with Crippen LogP contribution in [-0.4, -0.2) is 25.6 Å². The van der Waals surface area contributed by atoms with Gasteiger partial charge in [0, 0.05) is 18.7 Å². The zero-order valence-electron chi connectivity index (χ0n) is 9.92. The molecule has 0 atom stereocenters. The number of aromatic nitrogens is 5. The van der Waals surface area contributed by atoms with Crippen molar-refractivity contribution in [3.05, 3.63) is 35.5 Å². The van der Waals surface area contributed by atoms with E-state index in [4.69, 9.17) is 4.52 Å². The molecule has 0 spiro atoms. The minimum absolute atomic E-state index is 0.433. The maximum Gasteiger partial charge on any atom is 0.258 e. The first-order chi connectivity index (χ1) is 9.40. The maximum absolute atomic E-state index is 5.27. The van der Waals surface area contributed by atoms with Crippen molar-refractivity contribution in [2.75, 3.05) is 0 Å². The van der Waals surface area contributed by atoms with Crippen molar-refractivity contribution in [2.24, 2.45) is 0 Å². The summed E-state index contributed by atoms with van der Waals surface area (Å²) in [5.74, 6) is 0.926. The molecule has 0 bridgehead atoms. The number of benzene rings is 1. The van der Waals surface area contributed by atoms with Crippen LogP contribution in [0.1, 0.15) is 11.1 Å². The number of hydrogen-bond donors (Lipinski definition) is 2. The van der Waals surface area contributed by atoms with E-state index in [1.54, 1.807) is 6.20 Å². The maximum atomic E-state index is 5.27. The molecule has 19 heavy (non-hydrogen) atoms. The van der Waals surface area contributed by atoms with E-state index >= 15 is 0 Å². The van der Waals surface area contributed by atoms with Gasteiger partial charge in [0.2, 0.25) is 5.82 Å². The van der Waals surface area contributed by atoms with Gasteiger partial charge < -0.3 is 9.84 Å². The highest BCUT2D eigenvalue weighted by molar-refractivity contribution is 5.59. The normalized spacial score (nSPS) is 13.7. The first kappa shape index (κ1) is 10.4. The third kappa shape index (κ3) is 1.71. The Morgan fingerprint density at radius 2 is 2.11 bits per heavy atom. The quantitative estimate of drug-likeness (QED) is 0.712. The summed E-state index contributed by atoms with van der Waals surface area (Å²) in [4.78, 5) is 4.33. The van der Waals surface area contributed by atoms with Crippen molar-refractivity contribution in [1.82, 2.24) is 30.9 Å². The Morgan fingerprint density at radius 1 is 1.16 bits per heavy atom. The standard InChI is InChI=1S/C12H10N6O/c1-2-8-4-13-5-9(8)3-7(1)12-15-11(17-19-12)10-6-14-18-16-10/h1-3,6,13H,4-5H2,(H,14,16,18). The second-order valence-corrected chi connectivity index (χ2v) is 4.37. The number of nitrogens with zero attached hydrogens (tertiary/aromatic N) is 4. The zero-order chi connectivity index (χ0) is 12.7. The summed E-state index contributed by atoms with van der Waals surface area (Å²) in [6.07, 6.45) is 1.56. The minimum Gasteiger partial charge on any atom is -0.334 e. The predicted molar refractivity (Wildman–Crippen MR) is 65.7 cm³/mol. The van der Waals surface area contributed by atoms with Crippen molar-refractivity contribution in [2.45, 2.75) is 13.1 Å². The SMILES string of the molecule is c1cc2c(cc1-c1nc(-c3cn[nH]n3)no1)CNC2. The molecule has 3 aromatic rings. The number of fused-ring (bicyclic) bond motifs is 1. The molecule has 1 aliphatic heterocycles. The molecule has 7 nitrogen and oxygen atoms in total. The third-order valence-corrected chi connectivity index (χ3v) is 3.15. The Kier molecular flexibility index (Phi) is 2.18. The average molecular weight is 254 g/mol. The fourth-order valence-corrected chi connectivity index (χ4v) is 2.18. The molecule has 0 amide bonds. The molecule has 0 unspecified atom stereocenters. The van der Waals surface area contributed by atoms with Crippen molar-refractivity contribution in [3.8, 4) is 23.0 Å². The fraction of sp³-hybridized carbons (Fsp3) is 0.167. The predicted octanol–water partition coefficient (Wildman–Crippen LogP) is 1.12. The Morgan fingerprint density at radius 3 is 3.00 bits per heavy atom. The molecular weight excluding hydrogens is 244 g/mol. The molecule has 2 N–H and O–H groups in total. The van der Waals surface area contributed by atoms with E-state index in [-0.39, 0.29) is 0 Å². The molecule has 0 saturated heterocycles. The molecule has 1 aliphatic rings. The summed E-state index contributed by atoms with van der Waals surface area (Å²) < 4.78 is 5.27. The van der Waals surface area contributed by atoms with Gasteiger partial charge in [-0.25, -0.2) is 0 Å². The van der Waals surface area contributed by atoms with Crippen LogP contribution in [0, 0.1) is 0 Å². The smallest absolute Gasteiger partial charge is 0.258 e. The van der Waals surface area contributed by atoms with Crippen LogP contribution in [0.5, 0.6) is 0 Å². The number of rotatable bonds is 2. The summed E-state index contributed by atoms with van der Waals surface area (Å²) in [6, 6.07) is 6.16. The summed E-state index contributed by atoms with van der Waals surface area (Å²) >= 11 is 0. The molecule has 94 valence electrons. The first-order valence-electron chi connectivity index (χ1n) is 5.93. The van der Waals surface area contributed by atoms with Crippen LogP contribution in [-0.2, 0) is 13.1 Å². The third-order valence-electron chi connectivity index (χ3n) is 3.15. The number of H-pyrrole nitrogens is 1. The van der Waals surface area contributed by atoms with Crippen LogP contribution >= 0.6 is 0 Å². The Labute approximate surface area is 108 Å². The van der Waals surface area contributed by atoms with Gasteiger partial charge in [0.05, 0.1) is 6.20 Å². The van der Waals surface area contributed by atoms with E-state index in [0.29, 0.717) is 17.4 Å². The lowest BCUT2D eigenvalue weighted by molar-refractivity contribution is 0.432. The van der Waals surface area contributed by atoms with E-state index in [1.165, 1.54) is 11.1 Å². The second-order valence-electron chi connectivity index (χ2n) is 4.37. The Hall–Kier alpha value is -2.54. The highest BCUT2D eigenvalue weighted by atomic mass is 16.5. The van der Waals surface area contributed by atoms with Gasteiger partial charge in [-0.05, 0) is 23.3 Å². The van der Waals surface area contributed by atoms with Gasteiger partial charge in [0.15, 0.2) is 5.69 Å². The molecule has 4 rings (SSSR count). The van der Waals surface area contributed by atoms with Crippen LogP contribution in [0.3, 0.4) is 0 Å². The van der Waals surface area contributed by atoms with Gasteiger partial charge in [-0.2, -0.15) is 20.4 Å². The van der Waals surface area contributed by atoms with Gasteiger partial charge in [-0.1, -0.05) is 11.2 Å². The topological polar surface area (TPSA) is 92.5 Å². The summed E-state index contributed by atoms with van der Waals surface area (Å²) in [5, 5.41) is 17.4. The lowest BCUT2D eigenvalue weighted by atomic mass is 10.1. The van der Waals surface area contributed by atoms with Gasteiger partial charge in [-0.3, -0.25) is 0 Å². The largest absolute Gasteiger partial charge is 0.334 e. The van der Waals surface area contributed by atoms with Gasteiger partial charge in [0.1, 0.15) is 0 Å². The van der Waals surface area contributed by atoms with Crippen molar-refractivity contribution in [3.63, 3.8) is 0 Å². The number of nitrogens with one attached hydrogen (secondary N) is 2. The second kappa shape index (κ2) is 3.99. The summed E-state index contributed by atoms with van der Waals surface area (Å²) in [7, 11) is 0. The van der Waals surface area contributed by atoms with Gasteiger partial charge in [-0.15, -0.1) is 0 Å². The van der Waals surface area contributed by atoms with E-state index in [2.05, 4.69) is 43.0 Å². The summed E-state index contributed by atoms with van der Waals surface area (Å²) in [6.45, 7) is 1.80. The Bertz CT molecular complexity index is 718. The average Bonchev–Trinajstić information content (AvgIpc) is 3.18. The first-order valence-corrected chi connectivity index (χ1v) is 5.93. The highest BCUT2D eigenvalue weighted by Crippen LogP contribution is 2.25. The van der Waals surface area contributed by atoms with Crippen LogP contribution in [0.25, 0.3) is 23.0 Å². The lowest BCUT2D eigenvalue weighted by Crippen LogP contribution is -1.99. The molecular formula is C12H10N6O. The highest BCUT2D eigenvalue weighted by Gasteiger charge is 2.15. The van der Waals surface area contributed by atoms with E-state index in [1.807, 2.05) is 6.07 Å².